The third kappa shape index (κ3) is 5.64. The number of anilines is 1. The Labute approximate surface area is 111 Å². The van der Waals surface area contributed by atoms with Crippen LogP contribution in [-0.4, -0.2) is 12.2 Å². The van der Waals surface area contributed by atoms with Crippen molar-refractivity contribution < 1.29 is 13.2 Å². The summed E-state index contributed by atoms with van der Waals surface area (Å²) >= 11 is 0. The van der Waals surface area contributed by atoms with Gasteiger partial charge in [-0.15, -0.1) is 0 Å². The predicted molar refractivity (Wildman–Crippen MR) is 68.9 cm³/mol. The predicted octanol–water partition coefficient (Wildman–Crippen LogP) is 4.40. The molecule has 2 nitrogen and oxygen atoms in total. The Hall–Kier alpha value is -1.70. The standard InChI is InChI=1S/C14H17F3N2/c1-10-5-6-12(9-18)8-13(10)19-11(2)4-3-7-14(15,16)17/h5-6,8,11,19H,3-4,7H2,1-2H3. The normalized spacial score (nSPS) is 12.8. The van der Waals surface area contributed by atoms with E-state index in [1.807, 2.05) is 26.0 Å². The van der Waals surface area contributed by atoms with E-state index >= 15 is 0 Å². The molecule has 0 aliphatic carbocycles. The molecule has 0 saturated carbocycles. The van der Waals surface area contributed by atoms with Crippen molar-refractivity contribution in [2.24, 2.45) is 0 Å². The van der Waals surface area contributed by atoms with Crippen LogP contribution in [0.3, 0.4) is 0 Å². The monoisotopic (exact) mass is 270 g/mol. The molecule has 0 saturated heterocycles. The van der Waals surface area contributed by atoms with Gasteiger partial charge in [0.15, 0.2) is 0 Å². The second kappa shape index (κ2) is 6.46. The Bertz CT molecular complexity index is 461. The summed E-state index contributed by atoms with van der Waals surface area (Å²) < 4.78 is 36.1. The van der Waals surface area contributed by atoms with E-state index < -0.39 is 12.6 Å². The van der Waals surface area contributed by atoms with Crippen LogP contribution in [0.5, 0.6) is 0 Å². The molecule has 0 bridgehead atoms. The van der Waals surface area contributed by atoms with Crippen LogP contribution in [0.15, 0.2) is 18.2 Å². The Morgan fingerprint density at radius 1 is 1.37 bits per heavy atom. The summed E-state index contributed by atoms with van der Waals surface area (Å²) in [6.07, 6.45) is -4.29. The number of rotatable bonds is 5. The smallest absolute Gasteiger partial charge is 0.382 e. The lowest BCUT2D eigenvalue weighted by Crippen LogP contribution is -2.17. The number of benzene rings is 1. The number of hydrogen-bond acceptors (Lipinski definition) is 2. The molecule has 1 aromatic carbocycles. The van der Waals surface area contributed by atoms with Crippen molar-refractivity contribution in [3.05, 3.63) is 29.3 Å². The fraction of sp³-hybridized carbons (Fsp3) is 0.500. The highest BCUT2D eigenvalue weighted by atomic mass is 19.4. The minimum Gasteiger partial charge on any atom is -0.382 e. The molecular formula is C14H17F3N2. The second-order valence-electron chi connectivity index (χ2n) is 4.69. The van der Waals surface area contributed by atoms with Crippen LogP contribution >= 0.6 is 0 Å². The summed E-state index contributed by atoms with van der Waals surface area (Å²) in [6, 6.07) is 7.24. The van der Waals surface area contributed by atoms with Crippen molar-refractivity contribution in [3.8, 4) is 6.07 Å². The molecule has 0 spiro atoms. The SMILES string of the molecule is Cc1ccc(C#N)cc1NC(C)CCCC(F)(F)F. The quantitative estimate of drug-likeness (QED) is 0.860. The van der Waals surface area contributed by atoms with Gasteiger partial charge < -0.3 is 5.32 Å². The maximum atomic E-state index is 12.0. The van der Waals surface area contributed by atoms with Crippen LogP contribution < -0.4 is 5.32 Å². The van der Waals surface area contributed by atoms with Crippen molar-refractivity contribution in [1.29, 1.82) is 5.26 Å². The lowest BCUT2D eigenvalue weighted by molar-refractivity contribution is -0.135. The molecule has 1 atom stereocenters. The van der Waals surface area contributed by atoms with Crippen molar-refractivity contribution in [2.75, 3.05) is 5.32 Å². The summed E-state index contributed by atoms with van der Waals surface area (Å²) in [6.45, 7) is 3.74. The van der Waals surface area contributed by atoms with Gasteiger partial charge in [-0.3, -0.25) is 0 Å². The van der Waals surface area contributed by atoms with Crippen LogP contribution in [0.2, 0.25) is 0 Å². The maximum absolute atomic E-state index is 12.0. The average Bonchev–Trinajstić information content (AvgIpc) is 2.30. The number of halogens is 3. The highest BCUT2D eigenvalue weighted by Gasteiger charge is 2.26. The fourth-order valence-electron chi connectivity index (χ4n) is 1.79. The number of aryl methyl sites for hydroxylation is 1. The Kier molecular flexibility index (Phi) is 5.22. The molecule has 1 rings (SSSR count). The number of hydrogen-bond donors (Lipinski definition) is 1. The van der Waals surface area contributed by atoms with Gasteiger partial charge >= 0.3 is 6.18 Å². The molecular weight excluding hydrogens is 253 g/mol. The van der Waals surface area contributed by atoms with Gasteiger partial charge in [0.25, 0.3) is 0 Å². The van der Waals surface area contributed by atoms with Gasteiger partial charge in [-0.1, -0.05) is 6.07 Å². The summed E-state index contributed by atoms with van der Waals surface area (Å²) in [5.41, 5.74) is 2.32. The number of nitrogens with one attached hydrogen (secondary N) is 1. The highest BCUT2D eigenvalue weighted by Crippen LogP contribution is 2.24. The molecule has 104 valence electrons. The zero-order valence-electron chi connectivity index (χ0n) is 11.0. The summed E-state index contributed by atoms with van der Waals surface area (Å²) in [5, 5.41) is 12.0. The Balaban J connectivity index is 2.53. The lowest BCUT2D eigenvalue weighted by atomic mass is 10.1. The first-order valence-corrected chi connectivity index (χ1v) is 6.16. The molecule has 0 heterocycles. The summed E-state index contributed by atoms with van der Waals surface area (Å²) in [4.78, 5) is 0. The summed E-state index contributed by atoms with van der Waals surface area (Å²) in [7, 11) is 0. The molecule has 19 heavy (non-hydrogen) atoms. The molecule has 0 fully saturated rings. The maximum Gasteiger partial charge on any atom is 0.389 e. The lowest BCUT2D eigenvalue weighted by Gasteiger charge is -2.17. The van der Waals surface area contributed by atoms with E-state index in [0.717, 1.165) is 11.3 Å². The topological polar surface area (TPSA) is 35.8 Å². The van der Waals surface area contributed by atoms with E-state index in [2.05, 4.69) is 5.32 Å². The fourth-order valence-corrected chi connectivity index (χ4v) is 1.79. The first kappa shape index (κ1) is 15.4. The van der Waals surface area contributed by atoms with Gasteiger partial charge in [-0.25, -0.2) is 0 Å². The van der Waals surface area contributed by atoms with Gasteiger partial charge in [0.2, 0.25) is 0 Å². The van der Waals surface area contributed by atoms with E-state index in [9.17, 15) is 13.2 Å². The minimum absolute atomic E-state index is 0.0602. The van der Waals surface area contributed by atoms with Crippen molar-refractivity contribution in [2.45, 2.75) is 45.3 Å². The van der Waals surface area contributed by atoms with Crippen LogP contribution in [0.4, 0.5) is 18.9 Å². The molecule has 0 aliphatic heterocycles. The molecule has 5 heteroatoms. The molecule has 1 N–H and O–H groups in total. The van der Waals surface area contributed by atoms with Gasteiger partial charge in [0, 0.05) is 18.2 Å². The van der Waals surface area contributed by atoms with Crippen LogP contribution in [0, 0.1) is 18.3 Å². The molecule has 0 amide bonds. The van der Waals surface area contributed by atoms with Crippen molar-refractivity contribution in [3.63, 3.8) is 0 Å². The van der Waals surface area contributed by atoms with Gasteiger partial charge in [-0.05, 0) is 44.4 Å². The molecule has 0 aliphatic rings. The van der Waals surface area contributed by atoms with Crippen molar-refractivity contribution >= 4 is 5.69 Å². The van der Waals surface area contributed by atoms with E-state index in [1.165, 1.54) is 0 Å². The number of nitriles is 1. The van der Waals surface area contributed by atoms with E-state index in [-0.39, 0.29) is 12.5 Å². The van der Waals surface area contributed by atoms with Gasteiger partial charge in [-0.2, -0.15) is 18.4 Å². The first-order chi connectivity index (χ1) is 8.81. The highest BCUT2D eigenvalue weighted by molar-refractivity contribution is 5.55. The van der Waals surface area contributed by atoms with E-state index in [1.54, 1.807) is 12.1 Å². The first-order valence-electron chi connectivity index (χ1n) is 6.16. The second-order valence-corrected chi connectivity index (χ2v) is 4.69. The molecule has 1 aromatic rings. The molecule has 0 radical (unpaired) electrons. The Morgan fingerprint density at radius 3 is 2.63 bits per heavy atom. The summed E-state index contributed by atoms with van der Waals surface area (Å²) in [5.74, 6) is 0. The molecule has 0 aromatic heterocycles. The third-order valence-electron chi connectivity index (χ3n) is 2.87. The minimum atomic E-state index is -4.09. The number of nitrogens with zero attached hydrogens (tertiary/aromatic N) is 1. The van der Waals surface area contributed by atoms with Crippen LogP contribution in [0.25, 0.3) is 0 Å². The third-order valence-corrected chi connectivity index (χ3v) is 2.87. The largest absolute Gasteiger partial charge is 0.389 e. The van der Waals surface area contributed by atoms with Crippen LogP contribution in [0.1, 0.15) is 37.3 Å². The number of alkyl halides is 3. The zero-order chi connectivity index (χ0) is 14.5. The van der Waals surface area contributed by atoms with E-state index in [4.69, 9.17) is 5.26 Å². The average molecular weight is 270 g/mol. The Morgan fingerprint density at radius 2 is 2.05 bits per heavy atom. The van der Waals surface area contributed by atoms with Crippen LogP contribution in [-0.2, 0) is 0 Å². The van der Waals surface area contributed by atoms with E-state index in [0.29, 0.717) is 12.0 Å². The van der Waals surface area contributed by atoms with Crippen molar-refractivity contribution in [1.82, 2.24) is 0 Å². The van der Waals surface area contributed by atoms with Gasteiger partial charge in [0.05, 0.1) is 11.6 Å². The molecule has 1 unspecified atom stereocenters. The van der Waals surface area contributed by atoms with Gasteiger partial charge in [0.1, 0.15) is 0 Å². The zero-order valence-corrected chi connectivity index (χ0v) is 11.0.